The van der Waals surface area contributed by atoms with Crippen molar-refractivity contribution < 1.29 is 14.5 Å². The van der Waals surface area contributed by atoms with Gasteiger partial charge < -0.3 is 10.6 Å². The van der Waals surface area contributed by atoms with Crippen LogP contribution in [-0.4, -0.2) is 46.1 Å². The Hall–Kier alpha value is -4.03. The van der Waals surface area contributed by atoms with Crippen LogP contribution in [0.3, 0.4) is 0 Å². The number of anilines is 2. The normalized spacial score (nSPS) is 10.8. The van der Waals surface area contributed by atoms with Crippen molar-refractivity contribution in [2.75, 3.05) is 10.6 Å². The minimum absolute atomic E-state index is 0.107. The van der Waals surface area contributed by atoms with Gasteiger partial charge in [-0.1, -0.05) is 0 Å². The first kappa shape index (κ1) is 20.7. The Balaban J connectivity index is 1.94. The molecule has 0 radical (unpaired) electrons. The topological polar surface area (TPSA) is 155 Å². The molecule has 158 valence electrons. The molecule has 3 aromatic heterocycles. The molecular formula is C17H21N9O4. The quantitative estimate of drug-likeness (QED) is 0.455. The summed E-state index contributed by atoms with van der Waals surface area (Å²) in [5, 5.41) is 28.8. The third kappa shape index (κ3) is 3.52. The van der Waals surface area contributed by atoms with Crippen LogP contribution in [0.5, 0.6) is 0 Å². The smallest absolute Gasteiger partial charge is 0.318 e. The fourth-order valence-electron chi connectivity index (χ4n) is 3.06. The van der Waals surface area contributed by atoms with Crippen LogP contribution >= 0.6 is 0 Å². The summed E-state index contributed by atoms with van der Waals surface area (Å²) in [5.74, 6) is -1.27. The number of aromatic nitrogens is 6. The van der Waals surface area contributed by atoms with Gasteiger partial charge in [0, 0.05) is 20.6 Å². The van der Waals surface area contributed by atoms with Crippen LogP contribution in [0.15, 0.2) is 12.4 Å². The molecule has 0 aliphatic rings. The van der Waals surface area contributed by atoms with Crippen LogP contribution in [-0.2, 0) is 20.6 Å². The Morgan fingerprint density at radius 3 is 2.20 bits per heavy atom. The number of nitrogens with zero attached hydrogens (tertiary/aromatic N) is 7. The van der Waals surface area contributed by atoms with Crippen molar-refractivity contribution in [3.8, 4) is 0 Å². The Morgan fingerprint density at radius 1 is 1.03 bits per heavy atom. The molecule has 2 N–H and O–H groups in total. The summed E-state index contributed by atoms with van der Waals surface area (Å²) < 4.78 is 4.16. The summed E-state index contributed by atoms with van der Waals surface area (Å²) in [7, 11) is 3.18. The van der Waals surface area contributed by atoms with Gasteiger partial charge in [0.05, 0.1) is 34.4 Å². The Kier molecular flexibility index (Phi) is 5.36. The predicted octanol–water partition coefficient (Wildman–Crippen LogP) is 1.40. The first-order valence-electron chi connectivity index (χ1n) is 9.00. The van der Waals surface area contributed by atoms with E-state index in [1.165, 1.54) is 31.0 Å². The van der Waals surface area contributed by atoms with Gasteiger partial charge in [0.1, 0.15) is 11.4 Å². The van der Waals surface area contributed by atoms with Crippen molar-refractivity contribution in [3.63, 3.8) is 0 Å². The summed E-state index contributed by atoms with van der Waals surface area (Å²) in [4.78, 5) is 36.4. The highest BCUT2D eigenvalue weighted by molar-refractivity contribution is 6.12. The zero-order valence-corrected chi connectivity index (χ0v) is 17.1. The lowest BCUT2D eigenvalue weighted by atomic mass is 10.2. The van der Waals surface area contributed by atoms with Crippen LogP contribution in [0.4, 0.5) is 17.1 Å². The van der Waals surface area contributed by atoms with Gasteiger partial charge in [-0.25, -0.2) is 0 Å². The third-order valence-electron chi connectivity index (χ3n) is 4.67. The lowest BCUT2D eigenvalue weighted by molar-refractivity contribution is -0.385. The van der Waals surface area contributed by atoms with Gasteiger partial charge >= 0.3 is 5.69 Å². The molecule has 0 bridgehead atoms. The summed E-state index contributed by atoms with van der Waals surface area (Å²) in [5.41, 5.74) is 0.983. The third-order valence-corrected chi connectivity index (χ3v) is 4.67. The van der Waals surface area contributed by atoms with Crippen LogP contribution in [0.25, 0.3) is 0 Å². The van der Waals surface area contributed by atoms with Crippen LogP contribution in [0, 0.1) is 24.0 Å². The average molecular weight is 415 g/mol. The molecule has 0 saturated carbocycles. The number of rotatable bonds is 6. The van der Waals surface area contributed by atoms with E-state index in [0.29, 0.717) is 12.2 Å². The van der Waals surface area contributed by atoms with Crippen LogP contribution in [0.2, 0.25) is 0 Å². The maximum atomic E-state index is 12.9. The van der Waals surface area contributed by atoms with E-state index in [4.69, 9.17) is 0 Å². The fourth-order valence-corrected chi connectivity index (χ4v) is 3.06. The van der Waals surface area contributed by atoms with Crippen molar-refractivity contribution >= 4 is 28.9 Å². The summed E-state index contributed by atoms with van der Waals surface area (Å²) >= 11 is 0. The molecule has 3 aromatic rings. The molecule has 2 amide bonds. The summed E-state index contributed by atoms with van der Waals surface area (Å²) in [6, 6.07) is 0. The van der Waals surface area contributed by atoms with Gasteiger partial charge in [0.2, 0.25) is 5.69 Å². The summed E-state index contributed by atoms with van der Waals surface area (Å²) in [6.07, 6.45) is 2.83. The van der Waals surface area contributed by atoms with E-state index >= 15 is 0 Å². The predicted molar refractivity (Wildman–Crippen MR) is 106 cm³/mol. The van der Waals surface area contributed by atoms with Crippen molar-refractivity contribution in [3.05, 3.63) is 45.3 Å². The molecule has 0 aromatic carbocycles. The van der Waals surface area contributed by atoms with Gasteiger partial charge in [-0.3, -0.25) is 33.7 Å². The van der Waals surface area contributed by atoms with Crippen molar-refractivity contribution in [2.45, 2.75) is 27.3 Å². The zero-order chi connectivity index (χ0) is 22.2. The van der Waals surface area contributed by atoms with Crippen LogP contribution in [0.1, 0.15) is 39.3 Å². The number of carbonyl (C=O) groups is 2. The van der Waals surface area contributed by atoms with E-state index in [-0.39, 0.29) is 22.8 Å². The Labute approximate surface area is 170 Å². The number of aryl methyl sites for hydroxylation is 4. The monoisotopic (exact) mass is 415 g/mol. The molecule has 3 rings (SSSR count). The van der Waals surface area contributed by atoms with Gasteiger partial charge in [-0.05, 0) is 20.8 Å². The number of hydrogen-bond donors (Lipinski definition) is 2. The number of hydrogen-bond acceptors (Lipinski definition) is 7. The van der Waals surface area contributed by atoms with E-state index in [1.54, 1.807) is 25.6 Å². The van der Waals surface area contributed by atoms with E-state index < -0.39 is 22.4 Å². The second-order valence-electron chi connectivity index (χ2n) is 6.56. The van der Waals surface area contributed by atoms with Crippen molar-refractivity contribution in [1.82, 2.24) is 29.3 Å². The second-order valence-corrected chi connectivity index (χ2v) is 6.56. The highest BCUT2D eigenvalue weighted by atomic mass is 16.6. The highest BCUT2D eigenvalue weighted by Gasteiger charge is 2.31. The standard InChI is InChI=1S/C17H21N9O4/c1-6-25-14(16(27)20-11-7-18-23(4)10(11)3)12(8-19-25)21-17(28)15-13(26(29)30)9(2)22-24(15)5/h7-8H,6H2,1-5H3,(H,20,27)(H,21,28). The molecule has 3 heterocycles. The Morgan fingerprint density at radius 2 is 1.63 bits per heavy atom. The number of nitro groups is 1. The maximum absolute atomic E-state index is 12.9. The second kappa shape index (κ2) is 7.77. The number of nitrogens with one attached hydrogen (secondary N) is 2. The first-order valence-corrected chi connectivity index (χ1v) is 9.00. The van der Waals surface area contributed by atoms with Gasteiger partial charge in [-0.2, -0.15) is 15.3 Å². The first-order chi connectivity index (χ1) is 14.1. The minimum Gasteiger partial charge on any atom is -0.318 e. The molecule has 0 unspecified atom stereocenters. The van der Waals surface area contributed by atoms with Gasteiger partial charge in [0.25, 0.3) is 11.8 Å². The maximum Gasteiger partial charge on any atom is 0.322 e. The lowest BCUT2D eigenvalue weighted by Crippen LogP contribution is -2.22. The molecule has 0 saturated heterocycles. The molecule has 13 nitrogen and oxygen atoms in total. The average Bonchev–Trinajstić information content (AvgIpc) is 3.32. The van der Waals surface area contributed by atoms with Crippen molar-refractivity contribution in [1.29, 1.82) is 0 Å². The molecular weight excluding hydrogens is 394 g/mol. The number of amides is 2. The molecule has 0 spiro atoms. The Bertz CT molecular complexity index is 1150. The zero-order valence-electron chi connectivity index (χ0n) is 17.1. The molecule has 0 aliphatic carbocycles. The largest absolute Gasteiger partial charge is 0.322 e. The van der Waals surface area contributed by atoms with E-state index in [0.717, 1.165) is 10.4 Å². The van der Waals surface area contributed by atoms with E-state index in [2.05, 4.69) is 25.9 Å². The fraction of sp³-hybridized carbons (Fsp3) is 0.353. The molecule has 13 heteroatoms. The molecule has 0 atom stereocenters. The van der Waals surface area contributed by atoms with E-state index in [9.17, 15) is 19.7 Å². The number of carbonyl (C=O) groups excluding carboxylic acids is 2. The van der Waals surface area contributed by atoms with Gasteiger partial charge in [-0.15, -0.1) is 0 Å². The van der Waals surface area contributed by atoms with Crippen LogP contribution < -0.4 is 10.6 Å². The lowest BCUT2D eigenvalue weighted by Gasteiger charge is -2.10. The SMILES string of the molecule is CCn1ncc(NC(=O)c2c([N+](=O)[O-])c(C)nn2C)c1C(=O)Nc1cnn(C)c1C. The minimum atomic E-state index is -0.771. The highest BCUT2D eigenvalue weighted by Crippen LogP contribution is 2.25. The van der Waals surface area contributed by atoms with Gasteiger partial charge in [0.15, 0.2) is 0 Å². The molecule has 30 heavy (non-hydrogen) atoms. The van der Waals surface area contributed by atoms with E-state index in [1.807, 2.05) is 0 Å². The summed E-state index contributed by atoms with van der Waals surface area (Å²) in [6.45, 7) is 5.40. The molecule has 0 fully saturated rings. The van der Waals surface area contributed by atoms with Crippen molar-refractivity contribution in [2.24, 2.45) is 14.1 Å². The molecule has 0 aliphatic heterocycles.